The maximum atomic E-state index is 13.6. The highest BCUT2D eigenvalue weighted by molar-refractivity contribution is 9.10. The number of aromatic carboxylic acids is 1. The zero-order valence-electron chi connectivity index (χ0n) is 7.78. The predicted molar refractivity (Wildman–Crippen MR) is 56.6 cm³/mol. The van der Waals surface area contributed by atoms with Crippen LogP contribution in [0, 0.1) is 5.82 Å². The van der Waals surface area contributed by atoms with Crippen LogP contribution in [0.3, 0.4) is 0 Å². The molecule has 0 amide bonds. The van der Waals surface area contributed by atoms with E-state index < -0.39 is 11.8 Å². The second-order valence-corrected chi connectivity index (χ2v) is 3.84. The minimum Gasteiger partial charge on any atom is -0.476 e. The van der Waals surface area contributed by atoms with Crippen molar-refractivity contribution in [3.05, 3.63) is 40.2 Å². The molecular weight excluding hydrogens is 281 g/mol. The quantitative estimate of drug-likeness (QED) is 0.921. The molecular formula is C10H5BrFNO3. The predicted octanol–water partition coefficient (Wildman–Crippen LogP) is 2.94. The van der Waals surface area contributed by atoms with Crippen molar-refractivity contribution in [1.82, 2.24) is 5.16 Å². The third-order valence-corrected chi connectivity index (χ3v) is 2.56. The molecule has 2 rings (SSSR count). The van der Waals surface area contributed by atoms with Crippen LogP contribution in [0.15, 0.2) is 33.3 Å². The van der Waals surface area contributed by atoms with Crippen LogP contribution < -0.4 is 0 Å². The average Bonchev–Trinajstić information content (AvgIpc) is 2.71. The van der Waals surface area contributed by atoms with E-state index in [2.05, 4.69) is 21.1 Å². The number of halogens is 2. The molecule has 0 saturated carbocycles. The molecule has 4 nitrogen and oxygen atoms in total. The monoisotopic (exact) mass is 285 g/mol. The summed E-state index contributed by atoms with van der Waals surface area (Å²) in [4.78, 5) is 10.6. The molecule has 0 aliphatic heterocycles. The topological polar surface area (TPSA) is 63.3 Å². The zero-order chi connectivity index (χ0) is 11.7. The molecule has 0 aliphatic carbocycles. The van der Waals surface area contributed by atoms with Gasteiger partial charge in [0.05, 0.1) is 10.0 Å². The number of rotatable bonds is 2. The molecule has 0 unspecified atom stereocenters. The zero-order valence-corrected chi connectivity index (χ0v) is 9.36. The fraction of sp³-hybridized carbons (Fsp3) is 0. The van der Waals surface area contributed by atoms with Gasteiger partial charge in [0, 0.05) is 6.07 Å². The number of carboxylic acid groups (broad SMARTS) is 1. The normalized spacial score (nSPS) is 10.4. The maximum Gasteiger partial charge on any atom is 0.358 e. The number of hydrogen-bond donors (Lipinski definition) is 1. The maximum absolute atomic E-state index is 13.6. The highest BCUT2D eigenvalue weighted by Crippen LogP contribution is 2.28. The lowest BCUT2D eigenvalue weighted by molar-refractivity contribution is 0.0686. The standard InChI is InChI=1S/C10H5BrFNO3/c11-6-3-1-2-5(9(6)12)8-4-7(10(14)15)13-16-8/h1-4H,(H,14,15). The van der Waals surface area contributed by atoms with Crippen molar-refractivity contribution in [3.63, 3.8) is 0 Å². The van der Waals surface area contributed by atoms with E-state index in [0.717, 1.165) is 0 Å². The van der Waals surface area contributed by atoms with Gasteiger partial charge in [-0.15, -0.1) is 0 Å². The van der Waals surface area contributed by atoms with Crippen LogP contribution in [0.2, 0.25) is 0 Å². The molecule has 0 atom stereocenters. The molecule has 0 saturated heterocycles. The van der Waals surface area contributed by atoms with Crippen LogP contribution in [0.25, 0.3) is 11.3 Å². The second kappa shape index (κ2) is 4.05. The molecule has 0 radical (unpaired) electrons. The van der Waals surface area contributed by atoms with Gasteiger partial charge >= 0.3 is 5.97 Å². The summed E-state index contributed by atoms with van der Waals surface area (Å²) in [7, 11) is 0. The van der Waals surface area contributed by atoms with Crippen molar-refractivity contribution >= 4 is 21.9 Å². The van der Waals surface area contributed by atoms with Crippen LogP contribution in [-0.2, 0) is 0 Å². The first-order chi connectivity index (χ1) is 7.59. The van der Waals surface area contributed by atoms with Crippen LogP contribution in [-0.4, -0.2) is 16.2 Å². The van der Waals surface area contributed by atoms with E-state index >= 15 is 0 Å². The van der Waals surface area contributed by atoms with Gasteiger partial charge in [-0.05, 0) is 28.1 Å². The van der Waals surface area contributed by atoms with Gasteiger partial charge in [0.15, 0.2) is 11.5 Å². The van der Waals surface area contributed by atoms with Gasteiger partial charge in [0.2, 0.25) is 0 Å². The van der Waals surface area contributed by atoms with E-state index in [-0.39, 0.29) is 21.5 Å². The Labute approximate surface area is 97.8 Å². The Bertz CT molecular complexity index is 553. The number of hydrogen-bond acceptors (Lipinski definition) is 3. The number of carboxylic acids is 1. The lowest BCUT2D eigenvalue weighted by atomic mass is 10.1. The molecule has 82 valence electrons. The van der Waals surface area contributed by atoms with Crippen LogP contribution in [0.1, 0.15) is 10.5 Å². The SMILES string of the molecule is O=C(O)c1cc(-c2cccc(Br)c2F)on1. The van der Waals surface area contributed by atoms with E-state index in [4.69, 9.17) is 9.63 Å². The lowest BCUT2D eigenvalue weighted by Gasteiger charge is -1.99. The summed E-state index contributed by atoms with van der Waals surface area (Å²) < 4.78 is 18.6. The van der Waals surface area contributed by atoms with Crippen LogP contribution >= 0.6 is 15.9 Å². The number of aromatic nitrogens is 1. The summed E-state index contributed by atoms with van der Waals surface area (Å²) in [5.74, 6) is -1.66. The summed E-state index contributed by atoms with van der Waals surface area (Å²) in [5.41, 5.74) is -0.0937. The second-order valence-electron chi connectivity index (χ2n) is 2.98. The summed E-state index contributed by atoms with van der Waals surface area (Å²) in [6.07, 6.45) is 0. The Morgan fingerprint density at radius 3 is 2.88 bits per heavy atom. The van der Waals surface area contributed by atoms with E-state index in [1.165, 1.54) is 18.2 Å². The molecule has 1 aromatic heterocycles. The molecule has 0 spiro atoms. The Morgan fingerprint density at radius 1 is 1.50 bits per heavy atom. The van der Waals surface area contributed by atoms with Gasteiger partial charge in [-0.3, -0.25) is 0 Å². The summed E-state index contributed by atoms with van der Waals surface area (Å²) >= 11 is 3.03. The largest absolute Gasteiger partial charge is 0.476 e. The molecule has 6 heteroatoms. The summed E-state index contributed by atoms with van der Waals surface area (Å²) in [5, 5.41) is 11.9. The van der Waals surface area contributed by atoms with E-state index in [1.807, 2.05) is 0 Å². The van der Waals surface area contributed by atoms with Gasteiger partial charge in [-0.2, -0.15) is 0 Å². The van der Waals surface area contributed by atoms with Crippen molar-refractivity contribution in [2.45, 2.75) is 0 Å². The van der Waals surface area contributed by atoms with Crippen LogP contribution in [0.4, 0.5) is 4.39 Å². The minimum atomic E-state index is -1.22. The summed E-state index contributed by atoms with van der Waals surface area (Å²) in [6.45, 7) is 0. The van der Waals surface area contributed by atoms with Gasteiger partial charge in [0.25, 0.3) is 0 Å². The number of nitrogens with zero attached hydrogens (tertiary/aromatic N) is 1. The minimum absolute atomic E-state index is 0.0798. The first-order valence-corrected chi connectivity index (χ1v) is 5.03. The van der Waals surface area contributed by atoms with Gasteiger partial charge < -0.3 is 9.63 Å². The van der Waals surface area contributed by atoms with Gasteiger partial charge in [0.1, 0.15) is 5.82 Å². The molecule has 1 heterocycles. The van der Waals surface area contributed by atoms with E-state index in [9.17, 15) is 9.18 Å². The van der Waals surface area contributed by atoms with Gasteiger partial charge in [-0.1, -0.05) is 11.2 Å². The van der Waals surface area contributed by atoms with Gasteiger partial charge in [-0.25, -0.2) is 9.18 Å². The molecule has 0 bridgehead atoms. The van der Waals surface area contributed by atoms with E-state index in [1.54, 1.807) is 6.07 Å². The first kappa shape index (κ1) is 10.8. The molecule has 1 N–H and O–H groups in total. The molecule has 0 fully saturated rings. The summed E-state index contributed by atoms with van der Waals surface area (Å²) in [6, 6.07) is 5.80. The van der Waals surface area contributed by atoms with Crippen molar-refractivity contribution in [3.8, 4) is 11.3 Å². The Morgan fingerprint density at radius 2 is 2.25 bits per heavy atom. The van der Waals surface area contributed by atoms with E-state index in [0.29, 0.717) is 0 Å². The Hall–Kier alpha value is -1.69. The van der Waals surface area contributed by atoms with Crippen molar-refractivity contribution < 1.29 is 18.8 Å². The third kappa shape index (κ3) is 1.83. The molecule has 0 aliphatic rings. The highest BCUT2D eigenvalue weighted by Gasteiger charge is 2.16. The number of carbonyl (C=O) groups is 1. The van der Waals surface area contributed by atoms with Crippen molar-refractivity contribution in [1.29, 1.82) is 0 Å². The first-order valence-electron chi connectivity index (χ1n) is 4.24. The molecule has 1 aromatic carbocycles. The fourth-order valence-electron chi connectivity index (χ4n) is 1.20. The smallest absolute Gasteiger partial charge is 0.358 e. The third-order valence-electron chi connectivity index (χ3n) is 1.95. The Kier molecular flexibility index (Phi) is 2.74. The van der Waals surface area contributed by atoms with Crippen molar-refractivity contribution in [2.24, 2.45) is 0 Å². The molecule has 2 aromatic rings. The fourth-order valence-corrected chi connectivity index (χ4v) is 1.56. The average molecular weight is 286 g/mol. The van der Waals surface area contributed by atoms with Crippen LogP contribution in [0.5, 0.6) is 0 Å². The Balaban J connectivity index is 2.50. The number of benzene rings is 1. The molecule has 16 heavy (non-hydrogen) atoms. The highest BCUT2D eigenvalue weighted by atomic mass is 79.9. The van der Waals surface area contributed by atoms with Crippen molar-refractivity contribution in [2.75, 3.05) is 0 Å². The lowest BCUT2D eigenvalue weighted by Crippen LogP contribution is -1.94.